The molecule has 32 heavy (non-hydrogen) atoms. The van der Waals surface area contributed by atoms with Crippen molar-refractivity contribution in [3.05, 3.63) is 62.2 Å². The number of H-pyrrole nitrogens is 1. The zero-order valence-corrected chi connectivity index (χ0v) is 18.5. The number of benzene rings is 1. The Morgan fingerprint density at radius 1 is 1.28 bits per heavy atom. The molecule has 3 atom stereocenters. The first kappa shape index (κ1) is 24.5. The molecule has 176 valence electrons. The van der Waals surface area contributed by atoms with Crippen LogP contribution in [0.5, 0.6) is 5.75 Å². The minimum absolute atomic E-state index is 0.0271. The maximum absolute atomic E-state index is 13.5. The van der Waals surface area contributed by atoms with Gasteiger partial charge in [0.25, 0.3) is 5.56 Å². The third kappa shape index (κ3) is 5.07. The molecule has 3 heterocycles. The van der Waals surface area contributed by atoms with Crippen LogP contribution in [0.3, 0.4) is 0 Å². The van der Waals surface area contributed by atoms with Gasteiger partial charge in [-0.3, -0.25) is 18.9 Å². The van der Waals surface area contributed by atoms with E-state index in [-0.39, 0.29) is 25.2 Å². The number of halogens is 1. The molecule has 0 spiro atoms. The number of rotatable bonds is 4. The molecule has 2 aliphatic rings. The summed E-state index contributed by atoms with van der Waals surface area (Å²) < 4.78 is 35.2. The second-order valence-corrected chi connectivity index (χ2v) is 8.56. The Bertz CT molecular complexity index is 1090. The van der Waals surface area contributed by atoms with Gasteiger partial charge in [0, 0.05) is 5.56 Å². The van der Waals surface area contributed by atoms with Crippen molar-refractivity contribution in [2.75, 3.05) is 0 Å². The van der Waals surface area contributed by atoms with Crippen LogP contribution in [0.4, 0.5) is 4.39 Å². The molecule has 2 aromatic rings. The number of ether oxygens (including phenoxy) is 1. The van der Waals surface area contributed by atoms with E-state index in [0.717, 1.165) is 10.1 Å². The lowest BCUT2D eigenvalue weighted by atomic mass is 10.1. The first-order chi connectivity index (χ1) is 15.1. The van der Waals surface area contributed by atoms with E-state index < -0.39 is 43.5 Å². The summed E-state index contributed by atoms with van der Waals surface area (Å²) in [6.07, 6.45) is -1.82. The van der Waals surface area contributed by atoms with Gasteiger partial charge >= 0.3 is 19.8 Å². The van der Waals surface area contributed by atoms with Crippen LogP contribution in [0.25, 0.3) is 0 Å². The Labute approximate surface area is 182 Å². The molecule has 11 nitrogen and oxygen atoms in total. The maximum Gasteiger partial charge on any atom is 0.625 e. The molecule has 2 aliphatic heterocycles. The molecule has 0 bridgehead atoms. The van der Waals surface area contributed by atoms with Crippen LogP contribution < -0.4 is 15.8 Å². The smallest absolute Gasteiger partial charge is 0.346 e. The fraction of sp³-hybridized carbons (Fsp3) is 0.474. The van der Waals surface area contributed by atoms with Gasteiger partial charge in [0.05, 0.1) is 6.20 Å². The standard InChI is InChI=1S/C17H18FN2O9P.C2H6/c1-9-2-3-12-10(6-9)8-26-30(25,28-12)29-17(23,24)13-4-5-14(27-13)20-7-11(18)15(21)19-16(20)22;1-2/h2-3,6-7,13-14,23-25H,4-5,8H2,1H3;1-2H3/p+1. The van der Waals surface area contributed by atoms with E-state index in [0.29, 0.717) is 11.8 Å². The van der Waals surface area contributed by atoms with E-state index in [9.17, 15) is 29.1 Å². The lowest BCUT2D eigenvalue weighted by Crippen LogP contribution is -2.45. The maximum atomic E-state index is 13.5. The predicted molar refractivity (Wildman–Crippen MR) is 110 cm³/mol. The zero-order valence-electron chi connectivity index (χ0n) is 17.6. The number of hydrogen-bond acceptors (Lipinski definition) is 9. The second kappa shape index (κ2) is 9.36. The van der Waals surface area contributed by atoms with E-state index in [1.165, 1.54) is 0 Å². The van der Waals surface area contributed by atoms with Gasteiger partial charge in [0.15, 0.2) is 5.75 Å². The third-order valence-corrected chi connectivity index (χ3v) is 6.10. The number of aromatic amines is 1. The second-order valence-electron chi connectivity index (χ2n) is 6.99. The van der Waals surface area contributed by atoms with Crippen LogP contribution in [0.1, 0.15) is 44.0 Å². The number of fused-ring (bicyclic) bond motifs is 1. The molecule has 1 fully saturated rings. The molecular formula is C19H25FN2O9P+. The molecule has 4 N–H and O–H groups in total. The summed E-state index contributed by atoms with van der Waals surface area (Å²) in [4.78, 5) is 35.3. The van der Waals surface area contributed by atoms with Gasteiger partial charge in [-0.1, -0.05) is 30.0 Å². The normalized spacial score (nSPS) is 24.8. The lowest BCUT2D eigenvalue weighted by molar-refractivity contribution is -0.351. The van der Waals surface area contributed by atoms with Crippen LogP contribution in [0.2, 0.25) is 0 Å². The molecule has 3 unspecified atom stereocenters. The molecule has 13 heteroatoms. The molecular weight excluding hydrogens is 450 g/mol. The summed E-state index contributed by atoms with van der Waals surface area (Å²) in [6, 6.07) is 5.12. The fourth-order valence-corrected chi connectivity index (χ4v) is 4.59. The minimum atomic E-state index is -4.16. The predicted octanol–water partition coefficient (Wildman–Crippen LogP) is 1.62. The summed E-state index contributed by atoms with van der Waals surface area (Å²) in [5, 5.41) is 20.7. The highest BCUT2D eigenvalue weighted by Gasteiger charge is 2.60. The first-order valence-electron chi connectivity index (χ1n) is 9.94. The van der Waals surface area contributed by atoms with Crippen LogP contribution in [0, 0.1) is 12.7 Å². The van der Waals surface area contributed by atoms with Gasteiger partial charge in [-0.15, -0.1) is 4.52 Å². The molecule has 1 saturated heterocycles. The Hall–Kier alpha value is -2.18. The number of aliphatic hydroxyl groups is 2. The average Bonchev–Trinajstić information content (AvgIpc) is 3.23. The molecule has 1 aromatic carbocycles. The van der Waals surface area contributed by atoms with Crippen molar-refractivity contribution in [3.63, 3.8) is 0 Å². The molecule has 0 saturated carbocycles. The van der Waals surface area contributed by atoms with Crippen molar-refractivity contribution in [1.82, 2.24) is 9.55 Å². The summed E-state index contributed by atoms with van der Waals surface area (Å²) in [5.41, 5.74) is -0.502. The summed E-state index contributed by atoms with van der Waals surface area (Å²) in [7, 11) is -4.16. The number of aryl methyl sites for hydroxylation is 1. The van der Waals surface area contributed by atoms with Gasteiger partial charge < -0.3 is 14.9 Å². The van der Waals surface area contributed by atoms with Gasteiger partial charge in [-0.05, 0) is 31.9 Å². The highest BCUT2D eigenvalue weighted by Crippen LogP contribution is 2.63. The zero-order chi connectivity index (χ0) is 23.7. The van der Waals surface area contributed by atoms with Crippen molar-refractivity contribution in [1.29, 1.82) is 0 Å². The monoisotopic (exact) mass is 475 g/mol. The molecule has 0 amide bonds. The van der Waals surface area contributed by atoms with Gasteiger partial charge in [-0.2, -0.15) is 9.28 Å². The number of hydrogen-bond donors (Lipinski definition) is 4. The summed E-state index contributed by atoms with van der Waals surface area (Å²) in [5.74, 6) is -3.96. The largest absolute Gasteiger partial charge is 0.625 e. The van der Waals surface area contributed by atoms with Crippen LogP contribution in [-0.4, -0.2) is 36.7 Å². The number of nitrogens with zero attached hydrogens (tertiary/aromatic N) is 1. The van der Waals surface area contributed by atoms with Gasteiger partial charge in [0.2, 0.25) is 5.82 Å². The average molecular weight is 475 g/mol. The third-order valence-electron chi connectivity index (χ3n) is 4.71. The quantitative estimate of drug-likeness (QED) is 0.382. The van der Waals surface area contributed by atoms with Crippen molar-refractivity contribution >= 4 is 8.17 Å². The van der Waals surface area contributed by atoms with E-state index in [1.807, 2.05) is 20.8 Å². The Balaban J connectivity index is 0.00000141. The highest BCUT2D eigenvalue weighted by molar-refractivity contribution is 7.55. The molecule has 1 aromatic heterocycles. The number of nitrogens with one attached hydrogen (secondary N) is 1. The van der Waals surface area contributed by atoms with E-state index >= 15 is 0 Å². The van der Waals surface area contributed by atoms with Gasteiger partial charge in [0.1, 0.15) is 18.9 Å². The van der Waals surface area contributed by atoms with Crippen molar-refractivity contribution in [3.8, 4) is 5.75 Å². The molecule has 4 rings (SSSR count). The highest BCUT2D eigenvalue weighted by atomic mass is 31.2. The SMILES string of the molecule is CC.Cc1ccc2c(c1)CO[P+](O)(OC(O)(O)C1CCC(n3cc(F)c(=O)[nH]c3=O)O1)O2. The van der Waals surface area contributed by atoms with Crippen molar-refractivity contribution < 1.29 is 37.8 Å². The number of aromatic nitrogens is 2. The van der Waals surface area contributed by atoms with Crippen LogP contribution in [0.15, 0.2) is 34.0 Å². The Morgan fingerprint density at radius 3 is 2.72 bits per heavy atom. The van der Waals surface area contributed by atoms with E-state index in [4.69, 9.17) is 18.3 Å². The molecule has 0 radical (unpaired) electrons. The van der Waals surface area contributed by atoms with Gasteiger partial charge in [-0.25, -0.2) is 4.79 Å². The lowest BCUT2D eigenvalue weighted by Gasteiger charge is -2.29. The first-order valence-corrected chi connectivity index (χ1v) is 11.4. The van der Waals surface area contributed by atoms with E-state index in [2.05, 4.69) is 0 Å². The summed E-state index contributed by atoms with van der Waals surface area (Å²) in [6.45, 7) is 5.80. The Morgan fingerprint density at radius 2 is 2.00 bits per heavy atom. The van der Waals surface area contributed by atoms with Crippen molar-refractivity contribution in [2.24, 2.45) is 0 Å². The van der Waals surface area contributed by atoms with Crippen LogP contribution >= 0.6 is 8.17 Å². The minimum Gasteiger partial charge on any atom is -0.346 e. The summed E-state index contributed by atoms with van der Waals surface area (Å²) >= 11 is 0. The topological polar surface area (TPSA) is 152 Å². The fourth-order valence-electron chi connectivity index (χ4n) is 3.26. The Kier molecular flexibility index (Phi) is 7.15. The van der Waals surface area contributed by atoms with E-state index in [1.54, 1.807) is 23.2 Å². The molecule has 0 aliphatic carbocycles. The van der Waals surface area contributed by atoms with Crippen LogP contribution in [-0.2, 0) is 20.4 Å². The van der Waals surface area contributed by atoms with Crippen molar-refractivity contribution in [2.45, 2.75) is 58.5 Å².